The van der Waals surface area contributed by atoms with Crippen molar-refractivity contribution in [2.75, 3.05) is 13.6 Å². The lowest BCUT2D eigenvalue weighted by Crippen LogP contribution is -2.32. The molecule has 0 spiro atoms. The quantitative estimate of drug-likeness (QED) is 0.907. The van der Waals surface area contributed by atoms with Gasteiger partial charge in [-0.05, 0) is 31.5 Å². The minimum atomic E-state index is 0. The van der Waals surface area contributed by atoms with E-state index in [9.17, 15) is 0 Å². The van der Waals surface area contributed by atoms with Crippen molar-refractivity contribution in [3.63, 3.8) is 0 Å². The lowest BCUT2D eigenvalue weighted by atomic mass is 9.95. The third kappa shape index (κ3) is 3.34. The fourth-order valence-electron chi connectivity index (χ4n) is 2.73. The molecule has 21 heavy (non-hydrogen) atoms. The second-order valence-electron chi connectivity index (χ2n) is 5.11. The van der Waals surface area contributed by atoms with Crippen LogP contribution in [0.2, 0.25) is 5.02 Å². The Hall–Kier alpha value is -1.22. The van der Waals surface area contributed by atoms with Crippen LogP contribution in [0.1, 0.15) is 12.0 Å². The highest BCUT2D eigenvalue weighted by atomic mass is 35.5. The van der Waals surface area contributed by atoms with Gasteiger partial charge in [-0.1, -0.05) is 48.0 Å². The fourth-order valence-corrected chi connectivity index (χ4v) is 2.96. The first-order valence-corrected chi connectivity index (χ1v) is 7.35. The van der Waals surface area contributed by atoms with Crippen LogP contribution in [0.3, 0.4) is 0 Å². The predicted molar refractivity (Wildman–Crippen MR) is 90.8 cm³/mol. The molecular weight excluding hydrogens is 305 g/mol. The van der Waals surface area contributed by atoms with E-state index in [1.165, 1.54) is 5.56 Å². The van der Waals surface area contributed by atoms with Crippen LogP contribution in [0.15, 0.2) is 42.5 Å². The van der Waals surface area contributed by atoms with Crippen molar-refractivity contribution in [1.82, 2.24) is 5.32 Å². The standard InChI is InChI=1S/C17H18ClNO.ClH/c1-19-11-13-10-9-12-5-4-7-15(17(12)20-13)14-6-2-3-8-16(14)18;/h2-8,13,19H,9-11H2,1H3;1H/t13-;/m0./s1. The van der Waals surface area contributed by atoms with Gasteiger partial charge in [0.2, 0.25) is 0 Å². The number of halogens is 2. The first-order valence-electron chi connectivity index (χ1n) is 6.97. The summed E-state index contributed by atoms with van der Waals surface area (Å²) >= 11 is 6.33. The molecule has 0 unspecified atom stereocenters. The number of aryl methyl sites for hydroxylation is 1. The molecule has 0 radical (unpaired) electrons. The Morgan fingerprint density at radius 1 is 1.14 bits per heavy atom. The molecule has 0 saturated carbocycles. The Morgan fingerprint density at radius 2 is 1.90 bits per heavy atom. The SMILES string of the molecule is CNC[C@@H]1CCc2cccc(-c3ccccc3Cl)c2O1.Cl. The van der Waals surface area contributed by atoms with Gasteiger partial charge in [0.1, 0.15) is 11.9 Å². The normalized spacial score (nSPS) is 16.6. The third-order valence-electron chi connectivity index (χ3n) is 3.71. The molecule has 1 atom stereocenters. The van der Waals surface area contributed by atoms with Crippen LogP contribution in [0.4, 0.5) is 0 Å². The molecule has 0 bridgehead atoms. The predicted octanol–water partition coefficient (Wildman–Crippen LogP) is 4.34. The molecule has 1 N–H and O–H groups in total. The summed E-state index contributed by atoms with van der Waals surface area (Å²) in [5, 5.41) is 3.95. The molecule has 2 aromatic rings. The van der Waals surface area contributed by atoms with Gasteiger partial charge in [0.05, 0.1) is 0 Å². The van der Waals surface area contributed by atoms with E-state index < -0.39 is 0 Å². The molecule has 0 saturated heterocycles. The van der Waals surface area contributed by atoms with E-state index >= 15 is 0 Å². The summed E-state index contributed by atoms with van der Waals surface area (Å²) in [5.74, 6) is 0.993. The van der Waals surface area contributed by atoms with Gasteiger partial charge >= 0.3 is 0 Å². The zero-order valence-electron chi connectivity index (χ0n) is 11.9. The molecule has 112 valence electrons. The number of fused-ring (bicyclic) bond motifs is 1. The van der Waals surface area contributed by atoms with E-state index in [-0.39, 0.29) is 18.5 Å². The minimum absolute atomic E-state index is 0. The average Bonchev–Trinajstić information content (AvgIpc) is 2.48. The Kier molecular flexibility index (Phi) is 5.51. The molecule has 3 rings (SSSR count). The summed E-state index contributed by atoms with van der Waals surface area (Å²) in [4.78, 5) is 0. The monoisotopic (exact) mass is 323 g/mol. The average molecular weight is 324 g/mol. The van der Waals surface area contributed by atoms with Gasteiger partial charge in [-0.25, -0.2) is 0 Å². The number of hydrogen-bond acceptors (Lipinski definition) is 2. The largest absolute Gasteiger partial charge is 0.488 e. The lowest BCUT2D eigenvalue weighted by molar-refractivity contribution is 0.174. The first-order chi connectivity index (χ1) is 9.79. The van der Waals surface area contributed by atoms with Crippen LogP contribution in [0.25, 0.3) is 11.1 Å². The van der Waals surface area contributed by atoms with Gasteiger partial charge < -0.3 is 10.1 Å². The molecule has 2 aromatic carbocycles. The maximum Gasteiger partial charge on any atom is 0.130 e. The van der Waals surface area contributed by atoms with Crippen molar-refractivity contribution in [3.8, 4) is 16.9 Å². The van der Waals surface area contributed by atoms with Crippen molar-refractivity contribution in [2.24, 2.45) is 0 Å². The van der Waals surface area contributed by atoms with E-state index in [2.05, 4.69) is 23.5 Å². The van der Waals surface area contributed by atoms with Crippen LogP contribution < -0.4 is 10.1 Å². The van der Waals surface area contributed by atoms with Crippen LogP contribution in [0, 0.1) is 0 Å². The Bertz CT molecular complexity index is 615. The Balaban J connectivity index is 0.00000161. The second kappa shape index (κ2) is 7.17. The molecule has 1 aliphatic heterocycles. The Labute approximate surface area is 136 Å². The zero-order chi connectivity index (χ0) is 13.9. The first kappa shape index (κ1) is 16.2. The minimum Gasteiger partial charge on any atom is -0.488 e. The van der Waals surface area contributed by atoms with Gasteiger partial charge in [-0.2, -0.15) is 0 Å². The molecule has 4 heteroatoms. The second-order valence-corrected chi connectivity index (χ2v) is 5.52. The van der Waals surface area contributed by atoms with Crippen molar-refractivity contribution < 1.29 is 4.74 Å². The number of rotatable bonds is 3. The number of hydrogen-bond donors (Lipinski definition) is 1. The van der Waals surface area contributed by atoms with Gasteiger partial charge in [0, 0.05) is 22.7 Å². The summed E-state index contributed by atoms with van der Waals surface area (Å²) in [6.07, 6.45) is 2.34. The van der Waals surface area contributed by atoms with Crippen molar-refractivity contribution >= 4 is 24.0 Å². The lowest BCUT2D eigenvalue weighted by Gasteiger charge is -2.28. The molecule has 1 aliphatic rings. The van der Waals surface area contributed by atoms with Crippen molar-refractivity contribution in [2.45, 2.75) is 18.9 Å². The number of benzene rings is 2. The van der Waals surface area contributed by atoms with Crippen LogP contribution in [-0.4, -0.2) is 19.7 Å². The van der Waals surface area contributed by atoms with Crippen molar-refractivity contribution in [3.05, 3.63) is 53.1 Å². The van der Waals surface area contributed by atoms with Crippen molar-refractivity contribution in [1.29, 1.82) is 0 Å². The summed E-state index contributed by atoms with van der Waals surface area (Å²) in [5.41, 5.74) is 3.40. The zero-order valence-corrected chi connectivity index (χ0v) is 13.5. The number of likely N-dealkylation sites (N-methyl/N-ethyl adjacent to an activating group) is 1. The molecule has 0 fully saturated rings. The number of para-hydroxylation sites is 1. The highest BCUT2D eigenvalue weighted by molar-refractivity contribution is 6.33. The molecule has 2 nitrogen and oxygen atoms in total. The molecule has 0 aromatic heterocycles. The van der Waals surface area contributed by atoms with E-state index in [1.807, 2.05) is 31.3 Å². The van der Waals surface area contributed by atoms with E-state index in [0.717, 1.165) is 41.3 Å². The highest BCUT2D eigenvalue weighted by Crippen LogP contribution is 2.40. The van der Waals surface area contributed by atoms with E-state index in [4.69, 9.17) is 16.3 Å². The summed E-state index contributed by atoms with van der Waals surface area (Å²) < 4.78 is 6.19. The maximum atomic E-state index is 6.33. The van der Waals surface area contributed by atoms with Crippen LogP contribution >= 0.6 is 24.0 Å². The summed E-state index contributed by atoms with van der Waals surface area (Å²) in [7, 11) is 1.96. The number of ether oxygens (including phenoxy) is 1. The smallest absolute Gasteiger partial charge is 0.130 e. The molecule has 0 amide bonds. The molecule has 0 aliphatic carbocycles. The fraction of sp³-hybridized carbons (Fsp3) is 0.294. The van der Waals surface area contributed by atoms with Gasteiger partial charge in [0.15, 0.2) is 0 Å². The van der Waals surface area contributed by atoms with Gasteiger partial charge in [-0.15, -0.1) is 12.4 Å². The molecule has 1 heterocycles. The third-order valence-corrected chi connectivity index (χ3v) is 4.04. The Morgan fingerprint density at radius 3 is 2.67 bits per heavy atom. The van der Waals surface area contributed by atoms with Crippen LogP contribution in [-0.2, 0) is 6.42 Å². The summed E-state index contributed by atoms with van der Waals surface area (Å²) in [6.45, 7) is 0.871. The molecular formula is C17H19Cl2NO. The maximum absolute atomic E-state index is 6.33. The summed E-state index contributed by atoms with van der Waals surface area (Å²) in [6, 6.07) is 14.2. The van der Waals surface area contributed by atoms with Gasteiger partial charge in [0.25, 0.3) is 0 Å². The van der Waals surface area contributed by atoms with Crippen LogP contribution in [0.5, 0.6) is 5.75 Å². The van der Waals surface area contributed by atoms with E-state index in [1.54, 1.807) is 0 Å². The van der Waals surface area contributed by atoms with Gasteiger partial charge in [-0.3, -0.25) is 0 Å². The number of nitrogens with one attached hydrogen (secondary N) is 1. The van der Waals surface area contributed by atoms with E-state index in [0.29, 0.717) is 0 Å². The topological polar surface area (TPSA) is 21.3 Å². The highest BCUT2D eigenvalue weighted by Gasteiger charge is 2.22.